The van der Waals surface area contributed by atoms with E-state index in [9.17, 15) is 18.8 Å². The number of thioether (sulfide) groups is 1. The molecule has 1 aliphatic heterocycles. The molecule has 0 saturated carbocycles. The lowest BCUT2D eigenvalue weighted by Crippen LogP contribution is -2.45. The van der Waals surface area contributed by atoms with Gasteiger partial charge in [-0.3, -0.25) is 25.2 Å². The summed E-state index contributed by atoms with van der Waals surface area (Å²) < 4.78 is 17.9. The van der Waals surface area contributed by atoms with E-state index in [1.807, 2.05) is 18.2 Å². The molecular weight excluding hydrogens is 373 g/mol. The summed E-state index contributed by atoms with van der Waals surface area (Å²) in [5, 5.41) is 2.16. The molecule has 0 spiro atoms. The number of benzene rings is 2. The molecule has 140 valence electrons. The maximum absolute atomic E-state index is 12.8. The molecule has 1 aliphatic rings. The molecule has 0 fully saturated rings. The zero-order chi connectivity index (χ0) is 19.2. The molecule has 3 amide bonds. The molecule has 1 heterocycles. The third kappa shape index (κ3) is 5.20. The summed E-state index contributed by atoms with van der Waals surface area (Å²) in [6.45, 7) is -0.349. The number of hydrogen-bond acceptors (Lipinski definition) is 5. The predicted molar refractivity (Wildman–Crippen MR) is 97.5 cm³/mol. The fourth-order valence-corrected chi connectivity index (χ4v) is 3.41. The van der Waals surface area contributed by atoms with Gasteiger partial charge in [0.2, 0.25) is 11.8 Å². The van der Waals surface area contributed by atoms with E-state index in [2.05, 4.69) is 16.2 Å². The third-order valence-corrected chi connectivity index (χ3v) is 4.88. The number of amides is 3. The van der Waals surface area contributed by atoms with Gasteiger partial charge in [-0.25, -0.2) is 4.39 Å². The van der Waals surface area contributed by atoms with Gasteiger partial charge in [0.25, 0.3) is 5.91 Å². The minimum Gasteiger partial charge on any atom is -0.484 e. The largest absolute Gasteiger partial charge is 0.484 e. The SMILES string of the molecule is O=C(COc1ccc(F)cc1)NNC(=O)C[C@@H]1Sc2ccccc2NC1=O. The summed E-state index contributed by atoms with van der Waals surface area (Å²) in [6, 6.07) is 12.5. The van der Waals surface area contributed by atoms with Crippen LogP contribution in [0, 0.1) is 5.82 Å². The van der Waals surface area contributed by atoms with E-state index in [0.29, 0.717) is 5.75 Å². The second kappa shape index (κ2) is 8.54. The lowest BCUT2D eigenvalue weighted by Gasteiger charge is -2.23. The number of hydrazine groups is 1. The van der Waals surface area contributed by atoms with Crippen LogP contribution in [0.15, 0.2) is 53.4 Å². The quantitative estimate of drug-likeness (QED) is 0.679. The normalized spacial score (nSPS) is 15.3. The van der Waals surface area contributed by atoms with Crippen LogP contribution in [0.1, 0.15) is 6.42 Å². The summed E-state index contributed by atoms with van der Waals surface area (Å²) in [7, 11) is 0. The summed E-state index contributed by atoms with van der Waals surface area (Å²) in [5.41, 5.74) is 5.17. The Morgan fingerprint density at radius 3 is 2.56 bits per heavy atom. The van der Waals surface area contributed by atoms with Crippen molar-refractivity contribution in [2.75, 3.05) is 11.9 Å². The van der Waals surface area contributed by atoms with Gasteiger partial charge in [0.15, 0.2) is 6.61 Å². The molecule has 0 bridgehead atoms. The molecule has 2 aromatic carbocycles. The van der Waals surface area contributed by atoms with Crippen molar-refractivity contribution in [3.05, 3.63) is 54.3 Å². The van der Waals surface area contributed by atoms with Crippen molar-refractivity contribution in [3.8, 4) is 5.75 Å². The number of hydrogen-bond donors (Lipinski definition) is 3. The second-order valence-corrected chi connectivity index (χ2v) is 6.88. The van der Waals surface area contributed by atoms with E-state index in [1.54, 1.807) is 6.07 Å². The van der Waals surface area contributed by atoms with Gasteiger partial charge in [0, 0.05) is 11.3 Å². The number of para-hydroxylation sites is 1. The van der Waals surface area contributed by atoms with Crippen LogP contribution >= 0.6 is 11.8 Å². The number of anilines is 1. The lowest BCUT2D eigenvalue weighted by atomic mass is 10.2. The third-order valence-electron chi connectivity index (χ3n) is 3.60. The zero-order valence-corrected chi connectivity index (χ0v) is 14.8. The Hall–Kier alpha value is -3.07. The Morgan fingerprint density at radius 1 is 1.07 bits per heavy atom. The first-order valence-electron chi connectivity index (χ1n) is 8.04. The Kier molecular flexibility index (Phi) is 5.92. The van der Waals surface area contributed by atoms with E-state index in [4.69, 9.17) is 4.74 Å². The van der Waals surface area contributed by atoms with E-state index in [-0.39, 0.29) is 18.9 Å². The van der Waals surface area contributed by atoms with Crippen LogP contribution in [0.4, 0.5) is 10.1 Å². The number of carbonyl (C=O) groups is 3. The fraction of sp³-hybridized carbons (Fsp3) is 0.167. The monoisotopic (exact) mass is 389 g/mol. The van der Waals surface area contributed by atoms with Crippen molar-refractivity contribution in [1.29, 1.82) is 0 Å². The van der Waals surface area contributed by atoms with E-state index < -0.39 is 22.9 Å². The topological polar surface area (TPSA) is 96.5 Å². The average molecular weight is 389 g/mol. The fourth-order valence-electron chi connectivity index (χ4n) is 2.30. The molecule has 2 aromatic rings. The zero-order valence-electron chi connectivity index (χ0n) is 14.0. The highest BCUT2D eigenvalue weighted by Gasteiger charge is 2.28. The van der Waals surface area contributed by atoms with Crippen LogP contribution in [0.2, 0.25) is 0 Å². The van der Waals surface area contributed by atoms with Crippen LogP contribution in [0.25, 0.3) is 0 Å². The van der Waals surface area contributed by atoms with Gasteiger partial charge in [-0.15, -0.1) is 11.8 Å². The molecule has 9 heteroatoms. The van der Waals surface area contributed by atoms with Gasteiger partial charge >= 0.3 is 0 Å². The van der Waals surface area contributed by atoms with Crippen molar-refractivity contribution < 1.29 is 23.5 Å². The number of rotatable bonds is 5. The van der Waals surface area contributed by atoms with Crippen molar-refractivity contribution in [2.24, 2.45) is 0 Å². The van der Waals surface area contributed by atoms with Crippen LogP contribution in [0.5, 0.6) is 5.75 Å². The van der Waals surface area contributed by atoms with E-state index in [1.165, 1.54) is 36.0 Å². The van der Waals surface area contributed by atoms with Crippen molar-refractivity contribution in [3.63, 3.8) is 0 Å². The maximum atomic E-state index is 12.8. The molecule has 3 N–H and O–H groups in total. The molecule has 1 atom stereocenters. The smallest absolute Gasteiger partial charge is 0.276 e. The van der Waals surface area contributed by atoms with Gasteiger partial charge in [0.1, 0.15) is 11.6 Å². The minimum absolute atomic E-state index is 0.0933. The molecule has 27 heavy (non-hydrogen) atoms. The first-order chi connectivity index (χ1) is 13.0. The Balaban J connectivity index is 1.42. The standard InChI is InChI=1S/C18H16FN3O4S/c19-11-5-7-12(8-6-11)26-10-17(24)22-21-16(23)9-15-18(25)20-13-3-1-2-4-14(13)27-15/h1-8,15H,9-10H2,(H,20,25)(H,21,23)(H,22,24)/t15-/m0/s1. The van der Waals surface area contributed by atoms with Crippen LogP contribution in [0.3, 0.4) is 0 Å². The Labute approximate surface area is 158 Å². The molecule has 3 rings (SSSR count). The van der Waals surface area contributed by atoms with Crippen molar-refractivity contribution >= 4 is 35.2 Å². The number of ether oxygens (including phenoxy) is 1. The summed E-state index contributed by atoms with van der Waals surface area (Å²) in [5.74, 6) is -1.44. The van der Waals surface area contributed by atoms with Gasteiger partial charge < -0.3 is 10.1 Å². The number of fused-ring (bicyclic) bond motifs is 1. The first-order valence-corrected chi connectivity index (χ1v) is 8.92. The second-order valence-electron chi connectivity index (χ2n) is 5.63. The highest BCUT2D eigenvalue weighted by atomic mass is 32.2. The molecule has 0 aromatic heterocycles. The van der Waals surface area contributed by atoms with Crippen LogP contribution in [-0.2, 0) is 14.4 Å². The molecule has 0 radical (unpaired) electrons. The summed E-state index contributed by atoms with van der Waals surface area (Å²) >= 11 is 1.30. The van der Waals surface area contributed by atoms with Crippen molar-refractivity contribution in [1.82, 2.24) is 10.9 Å². The lowest BCUT2D eigenvalue weighted by molar-refractivity contribution is -0.130. The first kappa shape index (κ1) is 18.7. The minimum atomic E-state index is -0.590. The van der Waals surface area contributed by atoms with Crippen LogP contribution < -0.4 is 20.9 Å². The molecule has 0 unspecified atom stereocenters. The molecule has 7 nitrogen and oxygen atoms in total. The number of nitrogens with one attached hydrogen (secondary N) is 3. The highest BCUT2D eigenvalue weighted by molar-refractivity contribution is 8.01. The molecule has 0 aliphatic carbocycles. The Bertz CT molecular complexity index is 860. The van der Waals surface area contributed by atoms with Gasteiger partial charge in [-0.2, -0.15) is 0 Å². The highest BCUT2D eigenvalue weighted by Crippen LogP contribution is 2.36. The van der Waals surface area contributed by atoms with Crippen molar-refractivity contribution in [2.45, 2.75) is 16.6 Å². The van der Waals surface area contributed by atoms with E-state index >= 15 is 0 Å². The molecule has 0 saturated heterocycles. The summed E-state index contributed by atoms with van der Waals surface area (Å²) in [4.78, 5) is 36.6. The maximum Gasteiger partial charge on any atom is 0.276 e. The van der Waals surface area contributed by atoms with E-state index in [0.717, 1.165) is 10.6 Å². The summed E-state index contributed by atoms with van der Waals surface area (Å²) in [6.07, 6.45) is -0.0933. The van der Waals surface area contributed by atoms with Gasteiger partial charge in [-0.1, -0.05) is 12.1 Å². The predicted octanol–water partition coefficient (Wildman–Crippen LogP) is 1.85. The number of halogens is 1. The molecular formula is C18H16FN3O4S. The average Bonchev–Trinajstić information content (AvgIpc) is 2.66. The van der Waals surface area contributed by atoms with Crippen LogP contribution in [-0.4, -0.2) is 29.6 Å². The Morgan fingerprint density at radius 2 is 1.78 bits per heavy atom. The van der Waals surface area contributed by atoms with Gasteiger partial charge in [0.05, 0.1) is 10.9 Å². The van der Waals surface area contributed by atoms with Gasteiger partial charge in [-0.05, 0) is 36.4 Å². The number of carbonyl (C=O) groups excluding carboxylic acids is 3.